The van der Waals surface area contributed by atoms with Crippen LogP contribution in [0, 0.1) is 0 Å². The summed E-state index contributed by atoms with van der Waals surface area (Å²) in [6.07, 6.45) is 0. The number of carbonyl (C=O) groups is 2. The minimum atomic E-state index is -0.709. The van der Waals surface area contributed by atoms with E-state index in [1.165, 1.54) is 16.7 Å². The third kappa shape index (κ3) is 8.03. The highest BCUT2D eigenvalue weighted by molar-refractivity contribution is 7.99. The van der Waals surface area contributed by atoms with Gasteiger partial charge in [-0.1, -0.05) is 58.5 Å². The first kappa shape index (κ1) is 27.1. The Hall–Kier alpha value is -1.11. The molecule has 2 aromatic rings. The molecule has 2 aromatic carbocycles. The van der Waals surface area contributed by atoms with Gasteiger partial charge in [0.25, 0.3) is 0 Å². The van der Waals surface area contributed by atoms with Crippen LogP contribution in [0.3, 0.4) is 0 Å². The SMILES string of the molecule is C[C@@H](C(=O)NC(C)(C)C)N(Cc1c(Cl)cccc1Cl)C(=O)CSCc1ccc(Cl)c(Cl)c1. The fraction of sp³-hybridized carbons (Fsp3) is 0.391. The van der Waals surface area contributed by atoms with Gasteiger partial charge in [0, 0.05) is 33.4 Å². The van der Waals surface area contributed by atoms with Gasteiger partial charge in [0.1, 0.15) is 6.04 Å². The van der Waals surface area contributed by atoms with Crippen molar-refractivity contribution < 1.29 is 9.59 Å². The molecule has 1 N–H and O–H groups in total. The smallest absolute Gasteiger partial charge is 0.242 e. The Kier molecular flexibility index (Phi) is 10.0. The molecular formula is C23H26Cl4N2O2S. The third-order valence-electron chi connectivity index (χ3n) is 4.53. The third-order valence-corrected chi connectivity index (χ3v) is 6.97. The Morgan fingerprint density at radius 2 is 1.62 bits per heavy atom. The first-order chi connectivity index (χ1) is 14.9. The summed E-state index contributed by atoms with van der Waals surface area (Å²) in [6.45, 7) is 7.50. The summed E-state index contributed by atoms with van der Waals surface area (Å²) >= 11 is 26.1. The highest BCUT2D eigenvalue weighted by atomic mass is 35.5. The monoisotopic (exact) mass is 534 g/mol. The first-order valence-electron chi connectivity index (χ1n) is 9.95. The molecule has 0 aliphatic carbocycles. The molecule has 0 spiro atoms. The second-order valence-corrected chi connectivity index (χ2v) is 11.0. The fourth-order valence-corrected chi connectivity index (χ4v) is 4.57. The number of amides is 2. The number of halogens is 4. The van der Waals surface area contributed by atoms with Crippen molar-refractivity contribution in [3.05, 3.63) is 67.6 Å². The zero-order chi connectivity index (χ0) is 24.1. The Balaban J connectivity index is 2.17. The minimum Gasteiger partial charge on any atom is -0.350 e. The summed E-state index contributed by atoms with van der Waals surface area (Å²) in [5, 5.41) is 4.78. The van der Waals surface area contributed by atoms with Gasteiger partial charge in [-0.25, -0.2) is 0 Å². The number of hydrogen-bond acceptors (Lipinski definition) is 3. The molecule has 2 amide bonds. The lowest BCUT2D eigenvalue weighted by molar-refractivity contribution is -0.139. The maximum atomic E-state index is 13.2. The van der Waals surface area contributed by atoms with Crippen molar-refractivity contribution in [3.63, 3.8) is 0 Å². The van der Waals surface area contributed by atoms with Crippen molar-refractivity contribution in [2.45, 2.75) is 51.6 Å². The lowest BCUT2D eigenvalue weighted by Crippen LogP contribution is -2.52. The summed E-state index contributed by atoms with van der Waals surface area (Å²) in [6, 6.07) is 9.83. The number of benzene rings is 2. The van der Waals surface area contributed by atoms with Crippen molar-refractivity contribution in [2.24, 2.45) is 0 Å². The summed E-state index contributed by atoms with van der Waals surface area (Å²) in [5.41, 5.74) is 1.13. The molecule has 0 aliphatic heterocycles. The van der Waals surface area contributed by atoms with Crippen molar-refractivity contribution >= 4 is 70.0 Å². The lowest BCUT2D eigenvalue weighted by atomic mass is 10.1. The fourth-order valence-electron chi connectivity index (χ4n) is 2.88. The predicted octanol–water partition coefficient (Wildman–Crippen LogP) is 6.87. The van der Waals surface area contributed by atoms with Crippen molar-refractivity contribution in [1.82, 2.24) is 10.2 Å². The maximum Gasteiger partial charge on any atom is 0.242 e. The van der Waals surface area contributed by atoms with Crippen molar-refractivity contribution in [2.75, 3.05) is 5.75 Å². The van der Waals surface area contributed by atoms with E-state index in [-0.39, 0.29) is 24.1 Å². The van der Waals surface area contributed by atoms with E-state index in [0.717, 1.165) is 5.56 Å². The minimum absolute atomic E-state index is 0.128. The molecule has 0 fully saturated rings. The molecule has 2 rings (SSSR count). The van der Waals surface area contributed by atoms with Crippen molar-refractivity contribution in [1.29, 1.82) is 0 Å². The maximum absolute atomic E-state index is 13.2. The first-order valence-corrected chi connectivity index (χ1v) is 12.6. The number of hydrogen-bond donors (Lipinski definition) is 1. The normalized spacial score (nSPS) is 12.4. The molecule has 0 saturated carbocycles. The van der Waals surface area contributed by atoms with Crippen LogP contribution in [0.25, 0.3) is 0 Å². The zero-order valence-electron chi connectivity index (χ0n) is 18.3. The van der Waals surface area contributed by atoms with Gasteiger partial charge in [-0.3, -0.25) is 9.59 Å². The standard InChI is InChI=1S/C23H26Cl4N2O2S/c1-14(22(31)28-23(2,3)4)29(11-16-17(24)6-5-7-18(16)25)21(30)13-32-12-15-8-9-19(26)20(27)10-15/h5-10,14H,11-13H2,1-4H3,(H,28,31)/t14-/m0/s1. The quantitative estimate of drug-likeness (QED) is 0.401. The predicted molar refractivity (Wildman–Crippen MR) is 137 cm³/mol. The Labute approximate surface area is 213 Å². The van der Waals surface area contributed by atoms with Crippen LogP contribution in [0.4, 0.5) is 0 Å². The van der Waals surface area contributed by atoms with Crippen LogP contribution in [0.15, 0.2) is 36.4 Å². The van der Waals surface area contributed by atoms with E-state index in [1.807, 2.05) is 26.8 Å². The lowest BCUT2D eigenvalue weighted by Gasteiger charge is -2.32. The van der Waals surface area contributed by atoms with Gasteiger partial charge < -0.3 is 10.2 Å². The molecular weight excluding hydrogens is 510 g/mol. The number of rotatable bonds is 8. The van der Waals surface area contributed by atoms with E-state index in [4.69, 9.17) is 46.4 Å². The van der Waals surface area contributed by atoms with Crippen LogP contribution in [0.5, 0.6) is 0 Å². The molecule has 0 heterocycles. The molecule has 0 aromatic heterocycles. The summed E-state index contributed by atoms with van der Waals surface area (Å²) in [4.78, 5) is 27.5. The van der Waals surface area contributed by atoms with Crippen molar-refractivity contribution in [3.8, 4) is 0 Å². The number of thioether (sulfide) groups is 1. The van der Waals surface area contributed by atoms with Crippen LogP contribution >= 0.6 is 58.2 Å². The average Bonchev–Trinajstić information content (AvgIpc) is 2.68. The van der Waals surface area contributed by atoms with Gasteiger partial charge in [-0.15, -0.1) is 11.8 Å². The molecule has 0 radical (unpaired) electrons. The highest BCUT2D eigenvalue weighted by Crippen LogP contribution is 2.28. The van der Waals surface area contributed by atoms with E-state index < -0.39 is 11.6 Å². The molecule has 0 saturated heterocycles. The highest BCUT2D eigenvalue weighted by Gasteiger charge is 2.29. The zero-order valence-corrected chi connectivity index (χ0v) is 22.2. The van der Waals surface area contributed by atoms with Gasteiger partial charge in [-0.05, 0) is 57.5 Å². The van der Waals surface area contributed by atoms with E-state index >= 15 is 0 Å². The molecule has 1 atom stereocenters. The average molecular weight is 536 g/mol. The molecule has 0 unspecified atom stereocenters. The van der Waals surface area contributed by atoms with Gasteiger partial charge in [0.05, 0.1) is 15.8 Å². The Morgan fingerprint density at radius 1 is 1.00 bits per heavy atom. The topological polar surface area (TPSA) is 49.4 Å². The number of nitrogens with one attached hydrogen (secondary N) is 1. The number of carbonyl (C=O) groups excluding carboxylic acids is 2. The second-order valence-electron chi connectivity index (χ2n) is 8.38. The van der Waals surface area contributed by atoms with Crippen LogP contribution < -0.4 is 5.32 Å². The molecule has 0 aliphatic rings. The largest absolute Gasteiger partial charge is 0.350 e. The van der Waals surface area contributed by atoms with E-state index in [0.29, 0.717) is 31.4 Å². The molecule has 32 heavy (non-hydrogen) atoms. The van der Waals surface area contributed by atoms with E-state index in [2.05, 4.69) is 5.32 Å². The van der Waals surface area contributed by atoms with Crippen LogP contribution in [-0.4, -0.2) is 34.0 Å². The van der Waals surface area contributed by atoms with Gasteiger partial charge in [0.15, 0.2) is 0 Å². The van der Waals surface area contributed by atoms with Gasteiger partial charge in [0.2, 0.25) is 11.8 Å². The molecule has 4 nitrogen and oxygen atoms in total. The van der Waals surface area contributed by atoms with Gasteiger partial charge in [-0.2, -0.15) is 0 Å². The molecule has 9 heteroatoms. The van der Waals surface area contributed by atoms with Gasteiger partial charge >= 0.3 is 0 Å². The Morgan fingerprint density at radius 3 is 2.19 bits per heavy atom. The summed E-state index contributed by atoms with van der Waals surface area (Å²) in [7, 11) is 0. The van der Waals surface area contributed by atoms with Crippen LogP contribution in [-0.2, 0) is 21.9 Å². The molecule has 0 bridgehead atoms. The van der Waals surface area contributed by atoms with Crippen LogP contribution in [0.2, 0.25) is 20.1 Å². The van der Waals surface area contributed by atoms with E-state index in [9.17, 15) is 9.59 Å². The summed E-state index contributed by atoms with van der Waals surface area (Å²) < 4.78 is 0. The Bertz CT molecular complexity index is 959. The second kappa shape index (κ2) is 11.8. The van der Waals surface area contributed by atoms with Crippen LogP contribution in [0.1, 0.15) is 38.8 Å². The summed E-state index contributed by atoms with van der Waals surface area (Å²) in [5.74, 6) is 0.313. The molecule has 174 valence electrons. The van der Waals surface area contributed by atoms with E-state index in [1.54, 1.807) is 37.3 Å². The number of nitrogens with zero attached hydrogens (tertiary/aromatic N) is 1.